The van der Waals surface area contributed by atoms with Crippen molar-refractivity contribution in [2.45, 2.75) is 25.5 Å². The topological polar surface area (TPSA) is 41.5 Å². The highest BCUT2D eigenvalue weighted by Crippen LogP contribution is 2.36. The third-order valence-corrected chi connectivity index (χ3v) is 4.26. The van der Waals surface area contributed by atoms with Gasteiger partial charge in [-0.25, -0.2) is 0 Å². The van der Waals surface area contributed by atoms with Crippen LogP contribution in [0.1, 0.15) is 30.0 Å². The molecule has 3 nitrogen and oxygen atoms in total. The van der Waals surface area contributed by atoms with Crippen LogP contribution in [0.2, 0.25) is 0 Å². The summed E-state index contributed by atoms with van der Waals surface area (Å²) >= 11 is 3.49. The summed E-state index contributed by atoms with van der Waals surface area (Å²) in [5.74, 6) is 0.931. The molecule has 2 N–H and O–H groups in total. The van der Waals surface area contributed by atoms with E-state index in [0.717, 1.165) is 40.9 Å². The fourth-order valence-corrected chi connectivity index (χ4v) is 3.02. The predicted octanol–water partition coefficient (Wildman–Crippen LogP) is 4.27. The summed E-state index contributed by atoms with van der Waals surface area (Å²) < 4.78 is 6.86. The second-order valence-corrected chi connectivity index (χ2v) is 6.10. The number of ether oxygens (including phenoxy) is 1. The fourth-order valence-electron chi connectivity index (χ4n) is 2.68. The summed E-state index contributed by atoms with van der Waals surface area (Å²) in [5.41, 5.74) is 3.07. The predicted molar refractivity (Wildman–Crippen MR) is 87.6 cm³/mol. The van der Waals surface area contributed by atoms with Gasteiger partial charge in [0.05, 0.1) is 19.3 Å². The van der Waals surface area contributed by atoms with E-state index in [2.05, 4.69) is 27.3 Å². The number of hydrogen-bond donors (Lipinski definition) is 2. The van der Waals surface area contributed by atoms with E-state index in [1.165, 1.54) is 5.56 Å². The van der Waals surface area contributed by atoms with Crippen LogP contribution in [0.5, 0.6) is 5.75 Å². The number of hydrogen-bond acceptors (Lipinski definition) is 3. The van der Waals surface area contributed by atoms with Crippen molar-refractivity contribution in [1.29, 1.82) is 0 Å². The van der Waals surface area contributed by atoms with Crippen molar-refractivity contribution in [1.82, 2.24) is 0 Å². The molecule has 0 bridgehead atoms. The molecule has 3 rings (SSSR count). The maximum absolute atomic E-state index is 9.46. The Morgan fingerprint density at radius 3 is 2.95 bits per heavy atom. The van der Waals surface area contributed by atoms with Crippen molar-refractivity contribution >= 4 is 21.6 Å². The highest BCUT2D eigenvalue weighted by Gasteiger charge is 2.20. The van der Waals surface area contributed by atoms with E-state index in [1.54, 1.807) is 0 Å². The van der Waals surface area contributed by atoms with Gasteiger partial charge in [0.2, 0.25) is 0 Å². The van der Waals surface area contributed by atoms with Gasteiger partial charge in [-0.05, 0) is 31.0 Å². The highest BCUT2D eigenvalue weighted by atomic mass is 79.9. The molecule has 2 aromatic carbocycles. The van der Waals surface area contributed by atoms with E-state index in [0.29, 0.717) is 0 Å². The fraction of sp³-hybridized carbons (Fsp3) is 0.294. The minimum absolute atomic E-state index is 0.0413. The SMILES string of the molecule is OCc1ccccc1NC1CCCOc2cc(Br)ccc21. The van der Waals surface area contributed by atoms with Crippen LogP contribution in [0.25, 0.3) is 0 Å². The molecule has 1 atom stereocenters. The molecule has 0 spiro atoms. The number of anilines is 1. The molecule has 2 aromatic rings. The molecule has 4 heteroatoms. The quantitative estimate of drug-likeness (QED) is 0.871. The molecule has 0 saturated heterocycles. The normalized spacial score (nSPS) is 17.5. The third kappa shape index (κ3) is 3.22. The Morgan fingerprint density at radius 2 is 2.10 bits per heavy atom. The second kappa shape index (κ2) is 6.50. The van der Waals surface area contributed by atoms with Gasteiger partial charge >= 0.3 is 0 Å². The second-order valence-electron chi connectivity index (χ2n) is 5.19. The smallest absolute Gasteiger partial charge is 0.125 e. The lowest BCUT2D eigenvalue weighted by molar-refractivity contribution is 0.282. The molecule has 21 heavy (non-hydrogen) atoms. The van der Waals surface area contributed by atoms with Crippen LogP contribution in [-0.4, -0.2) is 11.7 Å². The van der Waals surface area contributed by atoms with E-state index in [4.69, 9.17) is 4.74 Å². The summed E-state index contributed by atoms with van der Waals surface area (Å²) in [5, 5.41) is 13.0. The lowest BCUT2D eigenvalue weighted by Crippen LogP contribution is -2.11. The van der Waals surface area contributed by atoms with Gasteiger partial charge in [-0.1, -0.05) is 40.2 Å². The molecule has 1 aliphatic heterocycles. The monoisotopic (exact) mass is 347 g/mol. The molecule has 1 aliphatic rings. The maximum Gasteiger partial charge on any atom is 0.125 e. The van der Waals surface area contributed by atoms with Crippen LogP contribution in [0, 0.1) is 0 Å². The molecule has 0 radical (unpaired) electrons. The van der Waals surface area contributed by atoms with Gasteiger partial charge in [0.25, 0.3) is 0 Å². The van der Waals surface area contributed by atoms with Gasteiger partial charge in [-0.2, -0.15) is 0 Å². The van der Waals surface area contributed by atoms with Gasteiger partial charge < -0.3 is 15.2 Å². The highest BCUT2D eigenvalue weighted by molar-refractivity contribution is 9.10. The van der Waals surface area contributed by atoms with E-state index in [1.807, 2.05) is 36.4 Å². The van der Waals surface area contributed by atoms with Crippen LogP contribution >= 0.6 is 15.9 Å². The summed E-state index contributed by atoms with van der Waals surface area (Å²) in [6, 6.07) is 14.2. The van der Waals surface area contributed by atoms with Gasteiger partial charge in [-0.3, -0.25) is 0 Å². The Labute approximate surface area is 133 Å². The first kappa shape index (κ1) is 14.4. The molecular weight excluding hydrogens is 330 g/mol. The molecule has 0 fully saturated rings. The van der Waals surface area contributed by atoms with Crippen molar-refractivity contribution in [2.75, 3.05) is 11.9 Å². The van der Waals surface area contributed by atoms with E-state index >= 15 is 0 Å². The zero-order chi connectivity index (χ0) is 14.7. The maximum atomic E-state index is 9.46. The van der Waals surface area contributed by atoms with Crippen LogP contribution in [0.15, 0.2) is 46.9 Å². The number of nitrogens with one attached hydrogen (secondary N) is 1. The first-order chi connectivity index (χ1) is 10.3. The van der Waals surface area contributed by atoms with Crippen LogP contribution in [-0.2, 0) is 6.61 Å². The Kier molecular flexibility index (Phi) is 4.46. The Bertz CT molecular complexity index is 630. The van der Waals surface area contributed by atoms with Crippen molar-refractivity contribution in [2.24, 2.45) is 0 Å². The average Bonchev–Trinajstić information content (AvgIpc) is 2.70. The van der Waals surface area contributed by atoms with Crippen LogP contribution in [0.3, 0.4) is 0 Å². The molecule has 1 unspecified atom stereocenters. The molecule has 0 aromatic heterocycles. The molecule has 0 aliphatic carbocycles. The summed E-state index contributed by atoms with van der Waals surface area (Å²) in [6.07, 6.45) is 2.01. The Balaban J connectivity index is 1.92. The number of fused-ring (bicyclic) bond motifs is 1. The van der Waals surface area contributed by atoms with Gasteiger partial charge in [0.1, 0.15) is 5.75 Å². The number of halogens is 1. The molecule has 1 heterocycles. The molecular formula is C17H18BrNO2. The first-order valence-electron chi connectivity index (χ1n) is 7.15. The average molecular weight is 348 g/mol. The van der Waals surface area contributed by atoms with Crippen LogP contribution in [0.4, 0.5) is 5.69 Å². The number of benzene rings is 2. The molecule has 0 amide bonds. The van der Waals surface area contributed by atoms with Crippen molar-refractivity contribution < 1.29 is 9.84 Å². The zero-order valence-corrected chi connectivity index (χ0v) is 13.3. The number of aliphatic hydroxyl groups is 1. The van der Waals surface area contributed by atoms with Gasteiger partial charge in [-0.15, -0.1) is 0 Å². The van der Waals surface area contributed by atoms with E-state index < -0.39 is 0 Å². The zero-order valence-electron chi connectivity index (χ0n) is 11.7. The van der Waals surface area contributed by atoms with Gasteiger partial charge in [0.15, 0.2) is 0 Å². The van der Waals surface area contributed by atoms with Crippen molar-refractivity contribution in [3.8, 4) is 5.75 Å². The van der Waals surface area contributed by atoms with Gasteiger partial charge in [0, 0.05) is 21.3 Å². The Hall–Kier alpha value is -1.52. The number of rotatable bonds is 3. The van der Waals surface area contributed by atoms with E-state index in [-0.39, 0.29) is 12.6 Å². The lowest BCUT2D eigenvalue weighted by atomic mass is 10.0. The molecule has 0 saturated carbocycles. The summed E-state index contributed by atoms with van der Waals surface area (Å²) in [7, 11) is 0. The molecule has 110 valence electrons. The van der Waals surface area contributed by atoms with Crippen molar-refractivity contribution in [3.63, 3.8) is 0 Å². The largest absolute Gasteiger partial charge is 0.493 e. The summed E-state index contributed by atoms with van der Waals surface area (Å²) in [4.78, 5) is 0. The third-order valence-electron chi connectivity index (χ3n) is 3.76. The number of para-hydroxylation sites is 1. The number of aliphatic hydroxyl groups excluding tert-OH is 1. The standard InChI is InChI=1S/C17H18BrNO2/c18-13-7-8-14-16(6-3-9-21-17(14)10-13)19-15-5-2-1-4-12(15)11-20/h1-2,4-5,7-8,10,16,19-20H,3,6,9,11H2. The van der Waals surface area contributed by atoms with Crippen LogP contribution < -0.4 is 10.1 Å². The first-order valence-corrected chi connectivity index (χ1v) is 7.95. The lowest BCUT2D eigenvalue weighted by Gasteiger charge is -2.21. The Morgan fingerprint density at radius 1 is 1.24 bits per heavy atom. The minimum Gasteiger partial charge on any atom is -0.493 e. The van der Waals surface area contributed by atoms with E-state index in [9.17, 15) is 5.11 Å². The summed E-state index contributed by atoms with van der Waals surface area (Å²) in [6.45, 7) is 0.781. The minimum atomic E-state index is 0.0413. The van der Waals surface area contributed by atoms with Crippen molar-refractivity contribution in [3.05, 3.63) is 58.1 Å².